The lowest BCUT2D eigenvalue weighted by Crippen LogP contribution is -2.03. The van der Waals surface area contributed by atoms with Gasteiger partial charge in [0.15, 0.2) is 0 Å². The Morgan fingerprint density at radius 3 is 1.60 bits per heavy atom. The first-order valence-corrected chi connectivity index (χ1v) is 4.16. The molecule has 0 saturated carbocycles. The number of nitrogens with one attached hydrogen (secondary N) is 1. The maximum atomic E-state index is 8.74. The van der Waals surface area contributed by atoms with Crippen molar-refractivity contribution in [3.05, 3.63) is 0 Å². The summed E-state index contributed by atoms with van der Waals surface area (Å²) in [5.41, 5.74) is 0. The van der Waals surface area contributed by atoms with Crippen molar-refractivity contribution in [2.24, 2.45) is 0 Å². The van der Waals surface area contributed by atoms with Crippen LogP contribution in [-0.4, -0.2) is 22.9 Å². The van der Waals surface area contributed by atoms with Crippen molar-refractivity contribution in [3.63, 3.8) is 0 Å². The third kappa shape index (κ3) is 15.8. The fraction of sp³-hybridized carbons (Fsp3) is 1.00. The lowest BCUT2D eigenvalue weighted by atomic mass is 10.4. The number of hydrogen-bond donors (Lipinski definition) is 3. The fourth-order valence-corrected chi connectivity index (χ4v) is 0.625. The Bertz CT molecular complexity index is 77.0. The lowest BCUT2D eigenvalue weighted by Gasteiger charge is -1.76. The first-order chi connectivity index (χ1) is 4.23. The van der Waals surface area contributed by atoms with Crippen molar-refractivity contribution in [2.75, 3.05) is 13.1 Å². The molecule has 4 nitrogen and oxygen atoms in total. The Hall–Kier alpha value is 0.590. The molecule has 0 aromatic heterocycles. The summed E-state index contributed by atoms with van der Waals surface area (Å²) in [5, 5.41) is 3.22. The van der Waals surface area contributed by atoms with Crippen LogP contribution in [0.25, 0.3) is 0 Å². The van der Waals surface area contributed by atoms with Crippen LogP contribution in [0.1, 0.15) is 12.8 Å². The minimum atomic E-state index is -3.13. The first kappa shape index (κ1) is 13.2. The molecule has 1 aliphatic rings. The van der Waals surface area contributed by atoms with Gasteiger partial charge in [0.1, 0.15) is 0 Å². The first-order valence-electron chi connectivity index (χ1n) is 2.86. The van der Waals surface area contributed by atoms with Crippen LogP contribution in [-0.2, 0) is 4.57 Å². The van der Waals surface area contributed by atoms with E-state index in [4.69, 9.17) is 14.4 Å². The maximum Gasteiger partial charge on any atom is 0.314 e. The number of hydrogen-bond acceptors (Lipinski definition) is 2. The molecule has 1 heterocycles. The molecule has 0 aromatic carbocycles. The highest BCUT2D eigenvalue weighted by atomic mass is 79.9. The predicted octanol–water partition coefficient (Wildman–Crippen LogP) is 0.308. The second-order valence-electron chi connectivity index (χ2n) is 1.74. The molecule has 64 valence electrons. The SMILES string of the molecule is Br.C1CCNC1.O=[PH](O)O. The minimum Gasteiger partial charge on any atom is -0.326 e. The van der Waals surface area contributed by atoms with Gasteiger partial charge in [0.2, 0.25) is 0 Å². The van der Waals surface area contributed by atoms with Gasteiger partial charge in [0, 0.05) is 0 Å². The van der Waals surface area contributed by atoms with Crippen LogP contribution in [0.4, 0.5) is 0 Å². The van der Waals surface area contributed by atoms with Gasteiger partial charge in [0.05, 0.1) is 0 Å². The molecule has 10 heavy (non-hydrogen) atoms. The summed E-state index contributed by atoms with van der Waals surface area (Å²) in [5.74, 6) is 0. The monoisotopic (exact) mass is 233 g/mol. The van der Waals surface area contributed by atoms with Gasteiger partial charge in [-0.3, -0.25) is 4.57 Å². The van der Waals surface area contributed by atoms with Gasteiger partial charge in [-0.1, -0.05) is 0 Å². The Morgan fingerprint density at radius 1 is 1.20 bits per heavy atom. The molecule has 1 fully saturated rings. The second kappa shape index (κ2) is 9.59. The summed E-state index contributed by atoms with van der Waals surface area (Å²) in [4.78, 5) is 14.3. The van der Waals surface area contributed by atoms with Gasteiger partial charge in [0.25, 0.3) is 0 Å². The van der Waals surface area contributed by atoms with E-state index >= 15 is 0 Å². The molecule has 0 aliphatic carbocycles. The molecular formula is C4H13BrNO3P. The third-order valence-corrected chi connectivity index (χ3v) is 0.957. The zero-order chi connectivity index (χ0) is 7.11. The van der Waals surface area contributed by atoms with Crippen molar-refractivity contribution in [1.29, 1.82) is 0 Å². The van der Waals surface area contributed by atoms with E-state index in [2.05, 4.69) is 5.32 Å². The summed E-state index contributed by atoms with van der Waals surface area (Å²) < 4.78 is 8.74. The van der Waals surface area contributed by atoms with Crippen LogP contribution in [0.3, 0.4) is 0 Å². The number of halogens is 1. The predicted molar refractivity (Wildman–Crippen MR) is 45.9 cm³/mol. The molecule has 0 aromatic rings. The van der Waals surface area contributed by atoms with Gasteiger partial charge in [-0.05, 0) is 25.9 Å². The van der Waals surface area contributed by atoms with E-state index in [1.54, 1.807) is 0 Å². The van der Waals surface area contributed by atoms with Crippen molar-refractivity contribution < 1.29 is 14.4 Å². The Labute approximate surface area is 71.4 Å². The van der Waals surface area contributed by atoms with Crippen molar-refractivity contribution in [3.8, 4) is 0 Å². The average molecular weight is 234 g/mol. The van der Waals surface area contributed by atoms with Crippen molar-refractivity contribution in [1.82, 2.24) is 5.32 Å². The third-order valence-electron chi connectivity index (χ3n) is 0.957. The summed E-state index contributed by atoms with van der Waals surface area (Å²) in [6.07, 6.45) is 2.78. The smallest absolute Gasteiger partial charge is 0.314 e. The Morgan fingerprint density at radius 2 is 1.50 bits per heavy atom. The summed E-state index contributed by atoms with van der Waals surface area (Å²) >= 11 is 0. The molecule has 0 atom stereocenters. The highest BCUT2D eigenvalue weighted by Crippen LogP contribution is 1.98. The Balaban J connectivity index is 0. The highest BCUT2D eigenvalue weighted by Gasteiger charge is 1.93. The van der Waals surface area contributed by atoms with E-state index in [1.165, 1.54) is 25.9 Å². The van der Waals surface area contributed by atoms with Gasteiger partial charge in [-0.15, -0.1) is 17.0 Å². The molecule has 1 saturated heterocycles. The molecule has 0 amide bonds. The average Bonchev–Trinajstić information content (AvgIpc) is 2.11. The summed E-state index contributed by atoms with van der Waals surface area (Å²) in [7, 11) is -3.13. The normalized spacial score (nSPS) is 15.5. The Kier molecular flexibility index (Phi) is 12.7. The molecule has 0 unspecified atom stereocenters. The lowest BCUT2D eigenvalue weighted by molar-refractivity contribution is 0.405. The topological polar surface area (TPSA) is 69.6 Å². The van der Waals surface area contributed by atoms with Gasteiger partial charge >= 0.3 is 8.25 Å². The largest absolute Gasteiger partial charge is 0.326 e. The molecule has 0 radical (unpaired) electrons. The van der Waals surface area contributed by atoms with Crippen LogP contribution in [0.15, 0.2) is 0 Å². The van der Waals surface area contributed by atoms with E-state index in [0.717, 1.165) is 0 Å². The summed E-state index contributed by atoms with van der Waals surface area (Å²) in [6, 6.07) is 0. The highest BCUT2D eigenvalue weighted by molar-refractivity contribution is 8.93. The van der Waals surface area contributed by atoms with E-state index < -0.39 is 8.25 Å². The van der Waals surface area contributed by atoms with Gasteiger partial charge < -0.3 is 15.1 Å². The summed E-state index contributed by atoms with van der Waals surface area (Å²) in [6.45, 7) is 2.50. The van der Waals surface area contributed by atoms with Crippen LogP contribution in [0, 0.1) is 0 Å². The quantitative estimate of drug-likeness (QED) is 0.527. The zero-order valence-electron chi connectivity index (χ0n) is 5.54. The molecule has 1 aliphatic heterocycles. The van der Waals surface area contributed by atoms with E-state index in [0.29, 0.717) is 0 Å². The molecule has 0 spiro atoms. The van der Waals surface area contributed by atoms with Crippen LogP contribution >= 0.6 is 25.2 Å². The maximum absolute atomic E-state index is 8.74. The van der Waals surface area contributed by atoms with Gasteiger partial charge in [-0.25, -0.2) is 0 Å². The minimum absolute atomic E-state index is 0. The van der Waals surface area contributed by atoms with E-state index in [1.807, 2.05) is 0 Å². The standard InChI is InChI=1S/C4H9N.BrH.H3O3P/c1-2-4-5-3-1;;1-4(2)3/h5H,1-4H2;1H;4H,(H2,1,2,3). The van der Waals surface area contributed by atoms with E-state index in [9.17, 15) is 0 Å². The van der Waals surface area contributed by atoms with Crippen molar-refractivity contribution >= 4 is 25.2 Å². The van der Waals surface area contributed by atoms with Gasteiger partial charge in [-0.2, -0.15) is 0 Å². The molecule has 6 heteroatoms. The van der Waals surface area contributed by atoms with Crippen LogP contribution in [0.5, 0.6) is 0 Å². The second-order valence-corrected chi connectivity index (χ2v) is 2.30. The molecule has 1 rings (SSSR count). The van der Waals surface area contributed by atoms with Crippen LogP contribution < -0.4 is 5.32 Å². The zero-order valence-corrected chi connectivity index (χ0v) is 8.25. The number of rotatable bonds is 0. The molecule has 3 N–H and O–H groups in total. The molecular weight excluding hydrogens is 221 g/mol. The molecule has 0 bridgehead atoms. The van der Waals surface area contributed by atoms with Crippen molar-refractivity contribution in [2.45, 2.75) is 12.8 Å². The fourth-order valence-electron chi connectivity index (χ4n) is 0.625. The van der Waals surface area contributed by atoms with Crippen LogP contribution in [0.2, 0.25) is 0 Å². The van der Waals surface area contributed by atoms with E-state index in [-0.39, 0.29) is 17.0 Å².